The Kier molecular flexibility index (Phi) is 7.61. The smallest absolute Gasteiger partial charge is 0.326 e. The number of amides is 1. The molecule has 1 aromatic rings. The van der Waals surface area contributed by atoms with Crippen LogP contribution >= 0.6 is 23.4 Å². The highest BCUT2D eigenvalue weighted by atomic mass is 35.5. The van der Waals surface area contributed by atoms with Gasteiger partial charge in [0.05, 0.1) is 0 Å². The summed E-state index contributed by atoms with van der Waals surface area (Å²) in [5, 5.41) is 12.3. The highest BCUT2D eigenvalue weighted by Gasteiger charge is 2.20. The molecule has 1 aromatic carbocycles. The number of carbonyl (C=O) groups excluding carboxylic acids is 1. The molecule has 0 saturated heterocycles. The van der Waals surface area contributed by atoms with E-state index in [0.29, 0.717) is 17.2 Å². The fourth-order valence-electron chi connectivity index (χ4n) is 1.75. The first-order valence-corrected chi connectivity index (χ1v) is 8.15. The molecule has 1 rings (SSSR count). The van der Waals surface area contributed by atoms with E-state index in [4.69, 9.17) is 16.7 Å². The normalized spacial score (nSPS) is 12.2. The summed E-state index contributed by atoms with van der Waals surface area (Å²) in [6.07, 6.45) is 0.723. The first-order chi connectivity index (χ1) is 9.88. The number of carboxylic acid groups (broad SMARTS) is 1. The van der Waals surface area contributed by atoms with Gasteiger partial charge in [0.1, 0.15) is 6.04 Å². The van der Waals surface area contributed by atoms with Gasteiger partial charge in [-0.05, 0) is 36.6 Å². The Morgan fingerprint density at radius 1 is 1.29 bits per heavy atom. The molecule has 6 heteroatoms. The van der Waals surface area contributed by atoms with E-state index in [1.807, 2.05) is 26.0 Å². The van der Waals surface area contributed by atoms with Crippen LogP contribution in [0.1, 0.15) is 26.7 Å². The molecule has 116 valence electrons. The van der Waals surface area contributed by atoms with Gasteiger partial charge in [0.25, 0.3) is 0 Å². The van der Waals surface area contributed by atoms with E-state index in [1.54, 1.807) is 12.1 Å². The Hall–Kier alpha value is -1.20. The molecule has 0 saturated carbocycles. The highest BCUT2D eigenvalue weighted by Crippen LogP contribution is 2.20. The van der Waals surface area contributed by atoms with Gasteiger partial charge in [-0.3, -0.25) is 4.79 Å². The zero-order valence-electron chi connectivity index (χ0n) is 12.1. The lowest BCUT2D eigenvalue weighted by Gasteiger charge is -2.16. The van der Waals surface area contributed by atoms with Crippen LogP contribution in [0, 0.1) is 5.92 Å². The molecule has 0 aliphatic carbocycles. The summed E-state index contributed by atoms with van der Waals surface area (Å²) in [7, 11) is 0. The number of hydrogen-bond donors (Lipinski definition) is 2. The van der Waals surface area contributed by atoms with Crippen molar-refractivity contribution in [1.82, 2.24) is 5.32 Å². The van der Waals surface area contributed by atoms with Crippen molar-refractivity contribution in [1.29, 1.82) is 0 Å². The van der Waals surface area contributed by atoms with Crippen molar-refractivity contribution >= 4 is 35.2 Å². The van der Waals surface area contributed by atoms with Crippen molar-refractivity contribution in [2.75, 3.05) is 5.75 Å². The van der Waals surface area contributed by atoms with E-state index in [1.165, 1.54) is 11.8 Å². The molecule has 0 aliphatic heterocycles. The second-order valence-electron chi connectivity index (χ2n) is 5.14. The Balaban J connectivity index is 2.35. The number of halogens is 1. The lowest BCUT2D eigenvalue weighted by Crippen LogP contribution is -2.41. The molecule has 1 unspecified atom stereocenters. The van der Waals surface area contributed by atoms with E-state index >= 15 is 0 Å². The number of carboxylic acids is 1. The fraction of sp³-hybridized carbons (Fsp3) is 0.467. The number of carbonyl (C=O) groups is 2. The first-order valence-electron chi connectivity index (χ1n) is 6.79. The molecule has 21 heavy (non-hydrogen) atoms. The van der Waals surface area contributed by atoms with Crippen LogP contribution in [0.15, 0.2) is 29.2 Å². The van der Waals surface area contributed by atoms with Crippen LogP contribution in [-0.4, -0.2) is 28.8 Å². The average Bonchev–Trinajstić information content (AvgIpc) is 2.39. The Bertz CT molecular complexity index is 476. The van der Waals surface area contributed by atoms with Gasteiger partial charge in [-0.2, -0.15) is 0 Å². The minimum Gasteiger partial charge on any atom is -0.480 e. The molecule has 0 aromatic heterocycles. The van der Waals surface area contributed by atoms with Gasteiger partial charge in [-0.1, -0.05) is 25.4 Å². The van der Waals surface area contributed by atoms with E-state index in [0.717, 1.165) is 4.90 Å². The maximum absolute atomic E-state index is 11.8. The molecule has 0 aliphatic rings. The quantitative estimate of drug-likeness (QED) is 0.717. The fourth-order valence-corrected chi connectivity index (χ4v) is 2.73. The third-order valence-corrected chi connectivity index (χ3v) is 4.02. The molecule has 0 fully saturated rings. The number of benzene rings is 1. The summed E-state index contributed by atoms with van der Waals surface area (Å²) in [5.41, 5.74) is 0. The molecule has 2 N–H and O–H groups in total. The average molecular weight is 330 g/mol. The molecule has 0 bridgehead atoms. The number of rotatable bonds is 8. The van der Waals surface area contributed by atoms with Crippen LogP contribution < -0.4 is 5.32 Å². The van der Waals surface area contributed by atoms with Crippen molar-refractivity contribution < 1.29 is 14.7 Å². The van der Waals surface area contributed by atoms with Crippen molar-refractivity contribution in [3.63, 3.8) is 0 Å². The monoisotopic (exact) mass is 329 g/mol. The van der Waals surface area contributed by atoms with E-state index < -0.39 is 12.0 Å². The lowest BCUT2D eigenvalue weighted by atomic mass is 10.0. The maximum atomic E-state index is 11.8. The van der Waals surface area contributed by atoms with Gasteiger partial charge < -0.3 is 10.4 Å². The van der Waals surface area contributed by atoms with Crippen molar-refractivity contribution in [3.8, 4) is 0 Å². The molecule has 1 atom stereocenters. The summed E-state index contributed by atoms with van der Waals surface area (Å²) in [4.78, 5) is 23.9. The van der Waals surface area contributed by atoms with Gasteiger partial charge >= 0.3 is 5.97 Å². The molecule has 0 radical (unpaired) electrons. The summed E-state index contributed by atoms with van der Waals surface area (Å²) in [6.45, 7) is 3.86. The van der Waals surface area contributed by atoms with Crippen LogP contribution in [0.5, 0.6) is 0 Å². The summed E-state index contributed by atoms with van der Waals surface area (Å²) >= 11 is 7.34. The van der Waals surface area contributed by atoms with E-state index in [9.17, 15) is 9.59 Å². The van der Waals surface area contributed by atoms with Crippen LogP contribution in [0.25, 0.3) is 0 Å². The summed E-state index contributed by atoms with van der Waals surface area (Å²) in [5.74, 6) is -0.400. The van der Waals surface area contributed by atoms with Crippen molar-refractivity contribution in [2.24, 2.45) is 5.92 Å². The third kappa shape index (κ3) is 7.39. The minimum absolute atomic E-state index is 0.217. The highest BCUT2D eigenvalue weighted by molar-refractivity contribution is 7.99. The van der Waals surface area contributed by atoms with Crippen LogP contribution in [0.4, 0.5) is 0 Å². The Morgan fingerprint density at radius 2 is 1.90 bits per heavy atom. The second-order valence-corrected chi connectivity index (χ2v) is 6.75. The minimum atomic E-state index is -0.984. The van der Waals surface area contributed by atoms with Crippen molar-refractivity contribution in [2.45, 2.75) is 37.6 Å². The number of nitrogens with one attached hydrogen (secondary N) is 1. The van der Waals surface area contributed by atoms with Gasteiger partial charge in [0, 0.05) is 22.1 Å². The Morgan fingerprint density at radius 3 is 2.43 bits per heavy atom. The van der Waals surface area contributed by atoms with Gasteiger partial charge in [-0.25, -0.2) is 4.79 Å². The van der Waals surface area contributed by atoms with Crippen LogP contribution in [0.3, 0.4) is 0 Å². The number of hydrogen-bond acceptors (Lipinski definition) is 3. The van der Waals surface area contributed by atoms with Gasteiger partial charge in [0.15, 0.2) is 0 Å². The molecular formula is C15H20ClNO3S. The zero-order chi connectivity index (χ0) is 15.8. The predicted octanol–water partition coefficient (Wildman–Crippen LogP) is 3.44. The van der Waals surface area contributed by atoms with Crippen LogP contribution in [-0.2, 0) is 9.59 Å². The van der Waals surface area contributed by atoms with Crippen molar-refractivity contribution in [3.05, 3.63) is 29.3 Å². The molecule has 0 heterocycles. The predicted molar refractivity (Wildman–Crippen MR) is 85.8 cm³/mol. The molecule has 1 amide bonds. The number of thioether (sulfide) groups is 1. The maximum Gasteiger partial charge on any atom is 0.326 e. The standard InChI is InChI=1S/C15H20ClNO3S/c1-10(2)9-13(15(19)20)17-14(18)7-8-21-12-5-3-11(16)4-6-12/h3-6,10,13H,7-9H2,1-2H3,(H,17,18)(H,19,20). The lowest BCUT2D eigenvalue weighted by molar-refractivity contribution is -0.142. The van der Waals surface area contributed by atoms with Crippen LogP contribution in [0.2, 0.25) is 5.02 Å². The molecule has 0 spiro atoms. The second kappa shape index (κ2) is 8.95. The van der Waals surface area contributed by atoms with E-state index in [2.05, 4.69) is 5.32 Å². The molecule has 4 nitrogen and oxygen atoms in total. The SMILES string of the molecule is CC(C)CC(NC(=O)CCSc1ccc(Cl)cc1)C(=O)O. The zero-order valence-corrected chi connectivity index (χ0v) is 13.7. The summed E-state index contributed by atoms with van der Waals surface area (Å²) < 4.78 is 0. The summed E-state index contributed by atoms with van der Waals surface area (Å²) in [6, 6.07) is 6.58. The molecular weight excluding hydrogens is 310 g/mol. The van der Waals surface area contributed by atoms with Gasteiger partial charge in [0.2, 0.25) is 5.91 Å². The topological polar surface area (TPSA) is 66.4 Å². The number of aliphatic carboxylic acids is 1. The van der Waals surface area contributed by atoms with E-state index in [-0.39, 0.29) is 18.2 Å². The Labute approximate surface area is 134 Å². The largest absolute Gasteiger partial charge is 0.480 e. The third-order valence-electron chi connectivity index (χ3n) is 2.75. The van der Waals surface area contributed by atoms with Gasteiger partial charge in [-0.15, -0.1) is 11.8 Å². The first kappa shape index (κ1) is 17.9.